The van der Waals surface area contributed by atoms with Gasteiger partial charge >= 0.3 is 12.1 Å². The summed E-state index contributed by atoms with van der Waals surface area (Å²) in [6, 6.07) is 4.36. The third-order valence-electron chi connectivity index (χ3n) is 3.85. The van der Waals surface area contributed by atoms with Crippen molar-refractivity contribution in [2.75, 3.05) is 7.11 Å². The number of hydrogen-bond acceptors (Lipinski definition) is 4. The van der Waals surface area contributed by atoms with Crippen molar-refractivity contribution < 1.29 is 24.2 Å². The number of carboxylic acids is 1. The van der Waals surface area contributed by atoms with E-state index >= 15 is 0 Å². The molecule has 7 heteroatoms. The SMILES string of the molecule is C#CCn1cc(C[C@H](NC(=O)OC(C)(C)C)C(=O)O)c2cc(OC)ccc21. The van der Waals surface area contributed by atoms with Gasteiger partial charge in [0.15, 0.2) is 0 Å². The minimum Gasteiger partial charge on any atom is -0.497 e. The fourth-order valence-corrected chi connectivity index (χ4v) is 2.74. The molecule has 1 aromatic carbocycles. The van der Waals surface area contributed by atoms with Gasteiger partial charge in [-0.3, -0.25) is 0 Å². The molecule has 0 bridgehead atoms. The highest BCUT2D eigenvalue weighted by Crippen LogP contribution is 2.27. The smallest absolute Gasteiger partial charge is 0.408 e. The number of ether oxygens (including phenoxy) is 2. The molecule has 0 fully saturated rings. The minimum absolute atomic E-state index is 0.0792. The molecule has 27 heavy (non-hydrogen) atoms. The van der Waals surface area contributed by atoms with Crippen LogP contribution < -0.4 is 10.1 Å². The van der Waals surface area contributed by atoms with Crippen LogP contribution in [0.1, 0.15) is 26.3 Å². The third-order valence-corrected chi connectivity index (χ3v) is 3.85. The number of nitrogens with zero attached hydrogens (tertiary/aromatic N) is 1. The molecule has 2 N–H and O–H groups in total. The number of carbonyl (C=O) groups is 2. The number of nitrogens with one attached hydrogen (secondary N) is 1. The second kappa shape index (κ2) is 8.04. The Morgan fingerprint density at radius 1 is 1.37 bits per heavy atom. The molecule has 0 aliphatic carbocycles. The summed E-state index contributed by atoms with van der Waals surface area (Å²) < 4.78 is 12.3. The lowest BCUT2D eigenvalue weighted by Gasteiger charge is -2.22. The van der Waals surface area contributed by atoms with E-state index in [0.717, 1.165) is 16.5 Å². The molecule has 0 spiro atoms. The largest absolute Gasteiger partial charge is 0.497 e. The molecular formula is C20H24N2O5. The van der Waals surface area contributed by atoms with Crippen LogP contribution in [-0.2, 0) is 22.5 Å². The van der Waals surface area contributed by atoms with E-state index in [1.165, 1.54) is 0 Å². The van der Waals surface area contributed by atoms with Crippen molar-refractivity contribution in [2.24, 2.45) is 0 Å². The van der Waals surface area contributed by atoms with Crippen molar-refractivity contribution in [3.63, 3.8) is 0 Å². The Labute approximate surface area is 158 Å². The van der Waals surface area contributed by atoms with Gasteiger partial charge in [0.1, 0.15) is 17.4 Å². The number of benzene rings is 1. The monoisotopic (exact) mass is 372 g/mol. The highest BCUT2D eigenvalue weighted by atomic mass is 16.6. The number of rotatable bonds is 6. The van der Waals surface area contributed by atoms with E-state index in [0.29, 0.717) is 12.3 Å². The first-order chi connectivity index (χ1) is 12.6. The van der Waals surface area contributed by atoms with Crippen molar-refractivity contribution in [1.29, 1.82) is 0 Å². The van der Waals surface area contributed by atoms with Gasteiger partial charge in [0.2, 0.25) is 0 Å². The van der Waals surface area contributed by atoms with Gasteiger partial charge in [-0.2, -0.15) is 0 Å². The Morgan fingerprint density at radius 3 is 2.63 bits per heavy atom. The van der Waals surface area contributed by atoms with Crippen LogP contribution in [0.5, 0.6) is 5.75 Å². The number of carboxylic acid groups (broad SMARTS) is 1. The Morgan fingerprint density at radius 2 is 2.07 bits per heavy atom. The highest BCUT2D eigenvalue weighted by Gasteiger charge is 2.25. The van der Waals surface area contributed by atoms with Crippen LogP contribution in [0.4, 0.5) is 4.79 Å². The molecule has 144 valence electrons. The van der Waals surface area contributed by atoms with Gasteiger partial charge in [0.05, 0.1) is 13.7 Å². The van der Waals surface area contributed by atoms with Crippen molar-refractivity contribution in [1.82, 2.24) is 9.88 Å². The first-order valence-electron chi connectivity index (χ1n) is 8.46. The van der Waals surface area contributed by atoms with Crippen LogP contribution in [-0.4, -0.2) is 40.5 Å². The number of methoxy groups -OCH3 is 1. The molecule has 0 unspecified atom stereocenters. The summed E-state index contributed by atoms with van der Waals surface area (Å²) in [4.78, 5) is 23.6. The predicted molar refractivity (Wildman–Crippen MR) is 102 cm³/mol. The van der Waals surface area contributed by atoms with Crippen molar-refractivity contribution in [3.05, 3.63) is 30.0 Å². The summed E-state index contributed by atoms with van der Waals surface area (Å²) in [6.45, 7) is 5.48. The summed E-state index contributed by atoms with van der Waals surface area (Å²) in [5.74, 6) is 2.07. The average molecular weight is 372 g/mol. The first kappa shape index (κ1) is 20.2. The second-order valence-electron chi connectivity index (χ2n) is 7.11. The minimum atomic E-state index is -1.15. The van der Waals surface area contributed by atoms with E-state index in [-0.39, 0.29) is 6.42 Å². The summed E-state index contributed by atoms with van der Waals surface area (Å²) in [7, 11) is 1.56. The highest BCUT2D eigenvalue weighted by molar-refractivity contribution is 5.87. The second-order valence-corrected chi connectivity index (χ2v) is 7.11. The van der Waals surface area contributed by atoms with E-state index < -0.39 is 23.7 Å². The Hall–Kier alpha value is -3.14. The molecular weight excluding hydrogens is 348 g/mol. The van der Waals surface area contributed by atoms with Crippen molar-refractivity contribution >= 4 is 23.0 Å². The number of aromatic nitrogens is 1. The van der Waals surface area contributed by atoms with E-state index in [9.17, 15) is 14.7 Å². The molecule has 1 amide bonds. The number of terminal acetylenes is 1. The summed E-state index contributed by atoms with van der Waals surface area (Å²) >= 11 is 0. The van der Waals surface area contributed by atoms with Gasteiger partial charge in [-0.15, -0.1) is 6.42 Å². The Kier molecular flexibility index (Phi) is 6.01. The maximum Gasteiger partial charge on any atom is 0.408 e. The standard InChI is InChI=1S/C20H24N2O5/c1-6-9-22-12-13(15-11-14(26-5)7-8-17(15)22)10-16(18(23)24)21-19(25)27-20(2,3)4/h1,7-8,11-12,16H,9-10H2,2-5H3,(H,21,25)(H,23,24)/t16-/m0/s1. The summed E-state index contributed by atoms with van der Waals surface area (Å²) in [5.41, 5.74) is 0.885. The van der Waals surface area contributed by atoms with Gasteiger partial charge in [-0.25, -0.2) is 9.59 Å². The molecule has 0 aliphatic heterocycles. The Bertz CT molecular complexity index is 886. The summed E-state index contributed by atoms with van der Waals surface area (Å²) in [6.07, 6.45) is 6.53. The van der Waals surface area contributed by atoms with E-state index in [2.05, 4.69) is 11.2 Å². The van der Waals surface area contributed by atoms with Crippen LogP contribution in [0.25, 0.3) is 10.9 Å². The van der Waals surface area contributed by atoms with Gasteiger partial charge in [0.25, 0.3) is 0 Å². The van der Waals surface area contributed by atoms with E-state index in [4.69, 9.17) is 15.9 Å². The van der Waals surface area contributed by atoms with Crippen LogP contribution in [0.2, 0.25) is 0 Å². The lowest BCUT2D eigenvalue weighted by atomic mass is 10.0. The van der Waals surface area contributed by atoms with Gasteiger partial charge in [-0.1, -0.05) is 5.92 Å². The van der Waals surface area contributed by atoms with E-state index in [1.807, 2.05) is 22.8 Å². The lowest BCUT2D eigenvalue weighted by Crippen LogP contribution is -2.44. The molecule has 0 saturated carbocycles. The predicted octanol–water partition coefficient (Wildman–Crippen LogP) is 2.80. The molecule has 0 aliphatic rings. The number of aliphatic carboxylic acids is 1. The molecule has 7 nitrogen and oxygen atoms in total. The Balaban J connectivity index is 2.34. The number of alkyl carbamates (subject to hydrolysis) is 1. The van der Waals surface area contributed by atoms with E-state index in [1.54, 1.807) is 34.1 Å². The molecule has 1 aromatic heterocycles. The molecule has 0 saturated heterocycles. The number of carbonyl (C=O) groups excluding carboxylic acids is 1. The molecule has 0 radical (unpaired) electrons. The lowest BCUT2D eigenvalue weighted by molar-refractivity contribution is -0.139. The molecule has 1 atom stereocenters. The fourth-order valence-electron chi connectivity index (χ4n) is 2.74. The van der Waals surface area contributed by atoms with Crippen LogP contribution in [0.3, 0.4) is 0 Å². The zero-order chi connectivity index (χ0) is 20.2. The quantitative estimate of drug-likeness (QED) is 0.761. The third kappa shape index (κ3) is 5.17. The number of amides is 1. The zero-order valence-corrected chi connectivity index (χ0v) is 15.9. The number of fused-ring (bicyclic) bond motifs is 1. The zero-order valence-electron chi connectivity index (χ0n) is 15.9. The van der Waals surface area contributed by atoms with Crippen LogP contribution in [0, 0.1) is 12.3 Å². The molecule has 2 rings (SSSR count). The first-order valence-corrected chi connectivity index (χ1v) is 8.46. The topological polar surface area (TPSA) is 89.8 Å². The van der Waals surface area contributed by atoms with Gasteiger partial charge in [-0.05, 0) is 44.5 Å². The summed E-state index contributed by atoms with van der Waals surface area (Å²) in [5, 5.41) is 12.8. The number of hydrogen-bond donors (Lipinski definition) is 2. The fraction of sp³-hybridized carbons (Fsp3) is 0.400. The maximum atomic E-state index is 12.0. The van der Waals surface area contributed by atoms with Crippen molar-refractivity contribution in [3.8, 4) is 18.1 Å². The average Bonchev–Trinajstić information content (AvgIpc) is 2.89. The van der Waals surface area contributed by atoms with Crippen LogP contribution >= 0.6 is 0 Å². The maximum absolute atomic E-state index is 12.0. The molecule has 1 heterocycles. The van der Waals surface area contributed by atoms with Crippen LogP contribution in [0.15, 0.2) is 24.4 Å². The molecule has 2 aromatic rings. The normalized spacial score (nSPS) is 12.3. The van der Waals surface area contributed by atoms with Gasteiger partial charge < -0.3 is 24.5 Å². The van der Waals surface area contributed by atoms with Crippen molar-refractivity contribution in [2.45, 2.75) is 45.4 Å². The van der Waals surface area contributed by atoms with Gasteiger partial charge in [0, 0.05) is 23.5 Å².